The standard InChI is InChI=1S/C15H16O2/c1-15(2,16-13-9-5-3-6-10-13)17-14-11-7-4-8-12-14/h3-12H,1-2H3. The molecule has 2 rings (SSSR count). The van der Waals surface area contributed by atoms with E-state index in [0.29, 0.717) is 0 Å². The Balaban J connectivity index is 2.04. The van der Waals surface area contributed by atoms with Crippen LogP contribution in [0.25, 0.3) is 0 Å². The summed E-state index contributed by atoms with van der Waals surface area (Å²) in [6, 6.07) is 19.3. The van der Waals surface area contributed by atoms with Crippen LogP contribution in [0, 0.1) is 0 Å². The molecule has 88 valence electrons. The Morgan fingerprint density at radius 2 is 1.00 bits per heavy atom. The molecule has 0 bridgehead atoms. The molecule has 0 amide bonds. The van der Waals surface area contributed by atoms with Crippen LogP contribution >= 0.6 is 0 Å². The Hall–Kier alpha value is -1.96. The predicted molar refractivity (Wildman–Crippen MR) is 68.2 cm³/mol. The van der Waals surface area contributed by atoms with Crippen molar-refractivity contribution in [3.63, 3.8) is 0 Å². The van der Waals surface area contributed by atoms with Gasteiger partial charge in [-0.2, -0.15) is 0 Å². The third-order valence-corrected chi connectivity index (χ3v) is 2.21. The predicted octanol–water partition coefficient (Wildman–Crippen LogP) is 3.88. The maximum atomic E-state index is 5.78. The molecular formula is C15H16O2. The highest BCUT2D eigenvalue weighted by Gasteiger charge is 2.21. The Bertz CT molecular complexity index is 405. The summed E-state index contributed by atoms with van der Waals surface area (Å²) in [6.07, 6.45) is 0. The summed E-state index contributed by atoms with van der Waals surface area (Å²) in [5.74, 6) is 0.907. The van der Waals surface area contributed by atoms with Gasteiger partial charge in [-0.3, -0.25) is 0 Å². The van der Waals surface area contributed by atoms with Crippen LogP contribution in [0.2, 0.25) is 0 Å². The van der Waals surface area contributed by atoms with Crippen molar-refractivity contribution in [2.45, 2.75) is 19.6 Å². The van der Waals surface area contributed by atoms with E-state index in [1.54, 1.807) is 0 Å². The number of ether oxygens (including phenoxy) is 2. The lowest BCUT2D eigenvalue weighted by Gasteiger charge is -2.27. The third-order valence-electron chi connectivity index (χ3n) is 2.21. The van der Waals surface area contributed by atoms with Gasteiger partial charge in [0.15, 0.2) is 0 Å². The van der Waals surface area contributed by atoms with Crippen LogP contribution in [0.3, 0.4) is 0 Å². The quantitative estimate of drug-likeness (QED) is 0.739. The summed E-state index contributed by atoms with van der Waals surface area (Å²) in [6.45, 7) is 3.79. The van der Waals surface area contributed by atoms with E-state index in [0.717, 1.165) is 11.5 Å². The highest BCUT2D eigenvalue weighted by Crippen LogP contribution is 2.21. The fraction of sp³-hybridized carbons (Fsp3) is 0.200. The van der Waals surface area contributed by atoms with Crippen LogP contribution in [-0.4, -0.2) is 5.79 Å². The maximum Gasteiger partial charge on any atom is 0.245 e. The van der Waals surface area contributed by atoms with Gasteiger partial charge in [0.1, 0.15) is 11.5 Å². The molecule has 0 fully saturated rings. The zero-order chi connectivity index (χ0) is 12.1. The molecule has 0 unspecified atom stereocenters. The van der Waals surface area contributed by atoms with Crippen molar-refractivity contribution >= 4 is 0 Å². The monoisotopic (exact) mass is 228 g/mol. The summed E-state index contributed by atoms with van der Waals surface area (Å²) in [7, 11) is 0. The normalized spacial score (nSPS) is 10.9. The number of rotatable bonds is 4. The SMILES string of the molecule is CC(C)(Oc1ccccc1)Oc1ccccc1. The molecule has 0 aliphatic heterocycles. The molecule has 2 aromatic rings. The van der Waals surface area contributed by atoms with E-state index in [1.807, 2.05) is 74.5 Å². The van der Waals surface area contributed by atoms with Crippen molar-refractivity contribution in [2.24, 2.45) is 0 Å². The van der Waals surface area contributed by atoms with E-state index in [1.165, 1.54) is 0 Å². The second-order valence-electron chi connectivity index (χ2n) is 4.23. The minimum atomic E-state index is -0.692. The van der Waals surface area contributed by atoms with Crippen LogP contribution in [-0.2, 0) is 0 Å². The molecule has 0 saturated heterocycles. The van der Waals surface area contributed by atoms with Gasteiger partial charge in [0.2, 0.25) is 5.79 Å². The molecule has 0 heterocycles. The van der Waals surface area contributed by atoms with Gasteiger partial charge >= 0.3 is 0 Å². The highest BCUT2D eigenvalue weighted by atomic mass is 16.7. The average Bonchev–Trinajstić information content (AvgIpc) is 2.30. The van der Waals surface area contributed by atoms with Crippen LogP contribution in [0.1, 0.15) is 13.8 Å². The van der Waals surface area contributed by atoms with Crippen LogP contribution < -0.4 is 9.47 Å². The van der Waals surface area contributed by atoms with Gasteiger partial charge in [0, 0.05) is 13.8 Å². The summed E-state index contributed by atoms with van der Waals surface area (Å²) in [5.41, 5.74) is 0. The van der Waals surface area contributed by atoms with Crippen LogP contribution in [0.15, 0.2) is 60.7 Å². The van der Waals surface area contributed by atoms with E-state index in [9.17, 15) is 0 Å². The number of para-hydroxylation sites is 2. The fourth-order valence-corrected chi connectivity index (χ4v) is 1.57. The lowest BCUT2D eigenvalue weighted by atomic mass is 10.3. The first-order chi connectivity index (χ1) is 8.16. The zero-order valence-corrected chi connectivity index (χ0v) is 10.1. The minimum Gasteiger partial charge on any atom is -0.453 e. The molecule has 2 aromatic carbocycles. The first-order valence-corrected chi connectivity index (χ1v) is 5.64. The summed E-state index contributed by atoms with van der Waals surface area (Å²) < 4.78 is 11.6. The molecule has 0 aliphatic rings. The lowest BCUT2D eigenvalue weighted by molar-refractivity contribution is -0.0809. The largest absolute Gasteiger partial charge is 0.453 e. The lowest BCUT2D eigenvalue weighted by Crippen LogP contribution is -2.35. The Morgan fingerprint density at radius 1 is 0.647 bits per heavy atom. The Kier molecular flexibility index (Phi) is 3.33. The molecule has 0 saturated carbocycles. The molecule has 2 heteroatoms. The number of hydrogen-bond donors (Lipinski definition) is 0. The maximum absolute atomic E-state index is 5.78. The van der Waals surface area contributed by atoms with E-state index in [4.69, 9.17) is 9.47 Å². The molecule has 2 nitrogen and oxygen atoms in total. The highest BCUT2D eigenvalue weighted by molar-refractivity contribution is 5.23. The zero-order valence-electron chi connectivity index (χ0n) is 10.1. The molecule has 0 radical (unpaired) electrons. The van der Waals surface area contributed by atoms with Crippen molar-refractivity contribution < 1.29 is 9.47 Å². The second-order valence-corrected chi connectivity index (χ2v) is 4.23. The first-order valence-electron chi connectivity index (χ1n) is 5.64. The average molecular weight is 228 g/mol. The topological polar surface area (TPSA) is 18.5 Å². The molecule has 0 atom stereocenters. The number of hydrogen-bond acceptors (Lipinski definition) is 2. The van der Waals surface area contributed by atoms with Gasteiger partial charge in [0.25, 0.3) is 0 Å². The summed E-state index contributed by atoms with van der Waals surface area (Å²) in [5, 5.41) is 0. The Morgan fingerprint density at radius 3 is 1.35 bits per heavy atom. The summed E-state index contributed by atoms with van der Waals surface area (Å²) in [4.78, 5) is 0. The van der Waals surface area contributed by atoms with Crippen LogP contribution in [0.4, 0.5) is 0 Å². The van der Waals surface area contributed by atoms with Gasteiger partial charge in [-0.1, -0.05) is 36.4 Å². The first kappa shape index (κ1) is 11.5. The van der Waals surface area contributed by atoms with Crippen molar-refractivity contribution in [1.82, 2.24) is 0 Å². The van der Waals surface area contributed by atoms with Crippen LogP contribution in [0.5, 0.6) is 11.5 Å². The van der Waals surface area contributed by atoms with E-state index < -0.39 is 5.79 Å². The molecule has 0 N–H and O–H groups in total. The molecular weight excluding hydrogens is 212 g/mol. The van der Waals surface area contributed by atoms with Gasteiger partial charge in [-0.15, -0.1) is 0 Å². The fourth-order valence-electron chi connectivity index (χ4n) is 1.57. The van der Waals surface area contributed by atoms with E-state index in [-0.39, 0.29) is 0 Å². The third kappa shape index (κ3) is 3.52. The van der Waals surface area contributed by atoms with Gasteiger partial charge < -0.3 is 9.47 Å². The minimum absolute atomic E-state index is 0.692. The van der Waals surface area contributed by atoms with Crippen molar-refractivity contribution in [1.29, 1.82) is 0 Å². The van der Waals surface area contributed by atoms with Gasteiger partial charge in [-0.25, -0.2) is 0 Å². The van der Waals surface area contributed by atoms with Crippen molar-refractivity contribution in [2.75, 3.05) is 0 Å². The molecule has 17 heavy (non-hydrogen) atoms. The summed E-state index contributed by atoms with van der Waals surface area (Å²) >= 11 is 0. The number of benzene rings is 2. The van der Waals surface area contributed by atoms with Crippen molar-refractivity contribution in [3.8, 4) is 11.5 Å². The molecule has 0 aliphatic carbocycles. The molecule has 0 aromatic heterocycles. The van der Waals surface area contributed by atoms with E-state index >= 15 is 0 Å². The Labute approximate surface area is 102 Å². The second kappa shape index (κ2) is 4.91. The van der Waals surface area contributed by atoms with Gasteiger partial charge in [-0.05, 0) is 24.3 Å². The smallest absolute Gasteiger partial charge is 0.245 e. The van der Waals surface area contributed by atoms with Crippen molar-refractivity contribution in [3.05, 3.63) is 60.7 Å². The van der Waals surface area contributed by atoms with Gasteiger partial charge in [0.05, 0.1) is 0 Å². The van der Waals surface area contributed by atoms with E-state index in [2.05, 4.69) is 0 Å². The molecule has 0 spiro atoms.